The molecule has 62 heavy (non-hydrogen) atoms. The standard InChI is InChI=1S/C9H9N5O2.C9H11N5.C5H4ClN3O2.C4H6N2.C2H5.CHI2.CH2I.CH4O.CH4.CH3.4V/c1-6-4-13(5-12-6)7-2-3-11-9(10)8(7)14(15)16;1-6-4-14(5-13-6)7-2-3-12-9(11)8(7)10;6-3-1-2-8-5(7)4(3)9(10)11;1-4-2-5-3-6-4;1-2;2-1-3;2*1-2;;;;;;/h2-5H,1H3,(H2,10,11);2-5H,10H2,1H3,(H2,11,12);1-2H,(H2,7,8);2-3H,1H3,(H,5,6);1H2,2H3;1H;1H2;2H,1H3;1H4;1H3;;;;/q;;;;3*-1;;;-1;;;;. The first kappa shape index (κ1) is 77.1. The van der Waals surface area contributed by atoms with Crippen molar-refractivity contribution >= 4 is 114 Å². The number of nitrogens with two attached hydrogens (primary N) is 4. The number of aryl methyl sites for hydroxylation is 3. The van der Waals surface area contributed by atoms with Crippen molar-refractivity contribution in [3.05, 3.63) is 138 Å². The van der Waals surface area contributed by atoms with Gasteiger partial charge in [-0.25, -0.2) is 32.3 Å². The van der Waals surface area contributed by atoms with E-state index in [9.17, 15) is 20.2 Å². The number of hydrogen-bond acceptors (Lipinski definition) is 15. The maximum atomic E-state index is 10.9. The molecular weight excluding hydrogens is 1320 g/mol. The fraction of sp³-hybridized carbons (Fsp3) is 0.176. The van der Waals surface area contributed by atoms with Crippen LogP contribution in [0.25, 0.3) is 11.4 Å². The van der Waals surface area contributed by atoms with Crippen molar-refractivity contribution in [3.63, 3.8) is 0 Å². The number of nitrogens with one attached hydrogen (secondary N) is 1. The van der Waals surface area contributed by atoms with Gasteiger partial charge in [0.25, 0.3) is 0 Å². The first-order valence-corrected chi connectivity index (χ1v) is 19.5. The molecule has 4 radical (unpaired) electrons. The molecule has 6 heterocycles. The molecule has 0 atom stereocenters. The molecule has 0 saturated heterocycles. The van der Waals surface area contributed by atoms with E-state index in [1.807, 2.05) is 49.6 Å². The maximum Gasteiger partial charge on any atom is 0.334 e. The third kappa shape index (κ3) is 28.6. The van der Waals surface area contributed by atoms with E-state index in [4.69, 9.17) is 39.6 Å². The molecule has 20 nitrogen and oxygen atoms in total. The van der Waals surface area contributed by atoms with Gasteiger partial charge in [0.1, 0.15) is 16.5 Å². The molecule has 0 aliphatic heterocycles. The van der Waals surface area contributed by atoms with E-state index in [2.05, 4.69) is 91.9 Å². The van der Waals surface area contributed by atoms with Crippen LogP contribution >= 0.6 is 79.4 Å². The zero-order valence-corrected chi connectivity index (χ0v) is 46.4. The summed E-state index contributed by atoms with van der Waals surface area (Å²) in [6, 6.07) is 4.64. The Bertz CT molecular complexity index is 2000. The summed E-state index contributed by atoms with van der Waals surface area (Å²) in [5, 5.41) is 28.1. The molecule has 0 bridgehead atoms. The molecule has 6 aromatic rings. The van der Waals surface area contributed by atoms with Gasteiger partial charge in [-0.1, -0.05) is 19.0 Å². The number of aliphatic hydroxyl groups excluding tert-OH is 1. The Labute approximate surface area is 456 Å². The molecule has 28 heteroatoms. The summed E-state index contributed by atoms with van der Waals surface area (Å²) in [4.78, 5) is 49.0. The Kier molecular flexibility index (Phi) is 56.5. The van der Waals surface area contributed by atoms with Crippen LogP contribution in [0.15, 0.2) is 74.4 Å². The van der Waals surface area contributed by atoms with Gasteiger partial charge in [-0.15, -0.1) is 0 Å². The Morgan fingerprint density at radius 3 is 1.42 bits per heavy atom. The van der Waals surface area contributed by atoms with E-state index >= 15 is 0 Å². The summed E-state index contributed by atoms with van der Waals surface area (Å²) < 4.78 is 5.31. The van der Waals surface area contributed by atoms with E-state index < -0.39 is 9.85 Å². The first-order chi connectivity index (χ1) is 26.7. The Morgan fingerprint density at radius 2 is 1.11 bits per heavy atom. The summed E-state index contributed by atoms with van der Waals surface area (Å²) in [5.41, 5.74) is 25.9. The summed E-state index contributed by atoms with van der Waals surface area (Å²) >= 11 is 11.7. The van der Waals surface area contributed by atoms with Crippen LogP contribution in [0.1, 0.15) is 31.4 Å². The predicted molar refractivity (Wildman–Crippen MR) is 260 cm³/mol. The second kappa shape index (κ2) is 45.4. The third-order valence-corrected chi connectivity index (χ3v) is 6.12. The topological polar surface area (TPSA) is 314 Å². The Balaban J connectivity index is -0.0000000980. The molecule has 10 N–H and O–H groups in total. The van der Waals surface area contributed by atoms with Gasteiger partial charge in [-0.05, 0) is 39.0 Å². The van der Waals surface area contributed by atoms with Crippen LogP contribution in [0.3, 0.4) is 0 Å². The number of halogens is 4. The average molecular weight is 1370 g/mol. The van der Waals surface area contributed by atoms with Gasteiger partial charge in [0.05, 0.1) is 51.6 Å². The molecule has 0 spiro atoms. The van der Waals surface area contributed by atoms with Crippen LogP contribution in [0.4, 0.5) is 34.5 Å². The van der Waals surface area contributed by atoms with E-state index in [1.54, 1.807) is 55.7 Å². The SMILES string of the molecule is C.CO.Cc1cn(-c2ccnc(N)c2N)cn1.Cc1cn(-c2ccnc(N)c2[N+](=O)[O-])cn1.Cc1cnc[nH]1.I[CH-]I.Nc1nccc(Cl)c1[N+](=O)[O-].[CH2-]C.[CH2-]I.[CH3-].[V].[V].[V].[V]. The smallest absolute Gasteiger partial charge is 0.334 e. The third-order valence-electron chi connectivity index (χ3n) is 5.81. The summed E-state index contributed by atoms with van der Waals surface area (Å²) in [5.74, 6) is 0.0743. The van der Waals surface area contributed by atoms with E-state index in [0.717, 1.165) is 29.9 Å². The number of H-pyrrole nitrogens is 1. The fourth-order valence-electron chi connectivity index (χ4n) is 3.62. The van der Waals surface area contributed by atoms with Gasteiger partial charge in [-0.2, -0.15) is 6.92 Å². The van der Waals surface area contributed by atoms with Crippen molar-refractivity contribution in [1.29, 1.82) is 0 Å². The van der Waals surface area contributed by atoms with Crippen molar-refractivity contribution in [1.82, 2.24) is 44.0 Å². The number of nitrogen functional groups attached to an aromatic ring is 4. The predicted octanol–water partition coefficient (Wildman–Crippen LogP) is 8.46. The monoisotopic (exact) mass is 1370 g/mol. The molecule has 0 fully saturated rings. The molecule has 0 aliphatic carbocycles. The Hall–Kier alpha value is -2.14. The molecule has 342 valence electrons. The number of aliphatic hydroxyl groups is 1. The van der Waals surface area contributed by atoms with Crippen molar-refractivity contribution in [2.24, 2.45) is 0 Å². The second-order valence-electron chi connectivity index (χ2n) is 9.40. The number of pyridine rings is 3. The maximum absolute atomic E-state index is 10.9. The van der Waals surface area contributed by atoms with Crippen molar-refractivity contribution in [3.8, 4) is 11.4 Å². The van der Waals surface area contributed by atoms with Crippen molar-refractivity contribution in [2.75, 3.05) is 30.0 Å². The molecule has 6 rings (SSSR count). The Morgan fingerprint density at radius 1 is 0.742 bits per heavy atom. The number of anilines is 4. The van der Waals surface area contributed by atoms with Gasteiger partial charge < -0.3 is 120 Å². The van der Waals surface area contributed by atoms with E-state index in [0.29, 0.717) is 17.2 Å². The van der Waals surface area contributed by atoms with Crippen molar-refractivity contribution < 1.29 is 89.2 Å². The summed E-state index contributed by atoms with van der Waals surface area (Å²) in [6.07, 6.45) is 14.5. The van der Waals surface area contributed by atoms with Crippen LogP contribution < -0.4 is 22.9 Å². The minimum Gasteiger partial charge on any atom is -0.400 e. The van der Waals surface area contributed by atoms with Crippen LogP contribution in [-0.2, 0) is 74.2 Å². The molecule has 0 aromatic carbocycles. The minimum atomic E-state index is -0.662. The fourth-order valence-corrected chi connectivity index (χ4v) is 3.84. The number of nitro groups is 2. The average Bonchev–Trinajstić information content (AvgIpc) is 3.95. The molecule has 0 unspecified atom stereocenters. The molecule has 0 aliphatic rings. The quantitative estimate of drug-likeness (QED) is 0.0417. The van der Waals surface area contributed by atoms with E-state index in [1.165, 1.54) is 30.9 Å². The largest absolute Gasteiger partial charge is 0.400 e. The van der Waals surface area contributed by atoms with E-state index in [-0.39, 0.29) is 117 Å². The molecule has 6 aromatic heterocycles. The number of imidazole rings is 3. The number of aromatic amines is 1. The van der Waals surface area contributed by atoms with Crippen LogP contribution in [-0.4, -0.2) is 66.1 Å². The number of hydrogen-bond donors (Lipinski definition) is 6. The molecule has 0 saturated carbocycles. The zero-order valence-electron chi connectivity index (χ0n) is 33.6. The first-order valence-electron chi connectivity index (χ1n) is 15.1. The zero-order chi connectivity index (χ0) is 43.4. The van der Waals surface area contributed by atoms with Crippen LogP contribution in [0.2, 0.25) is 5.02 Å². The molecular formula is C34H49ClI3N15O5V4-4. The van der Waals surface area contributed by atoms with Gasteiger partial charge in [0.15, 0.2) is 0 Å². The van der Waals surface area contributed by atoms with Gasteiger partial charge in [0.2, 0.25) is 11.6 Å². The van der Waals surface area contributed by atoms with Gasteiger partial charge >= 0.3 is 11.4 Å². The summed E-state index contributed by atoms with van der Waals surface area (Å²) in [6.45, 7) is 10.7. The van der Waals surface area contributed by atoms with Gasteiger partial charge in [0, 0.05) is 124 Å². The van der Waals surface area contributed by atoms with Gasteiger partial charge in [-0.3, -0.25) is 29.7 Å². The summed E-state index contributed by atoms with van der Waals surface area (Å²) in [7, 11) is 1.00. The van der Waals surface area contributed by atoms with Crippen LogP contribution in [0.5, 0.6) is 0 Å². The number of nitrogens with zero attached hydrogens (tertiary/aromatic N) is 10. The normalized spacial score (nSPS) is 8.13. The van der Waals surface area contributed by atoms with Crippen molar-refractivity contribution in [2.45, 2.75) is 35.1 Å². The van der Waals surface area contributed by atoms with Crippen LogP contribution in [0, 0.1) is 62.7 Å². The second-order valence-corrected chi connectivity index (χ2v) is 13.4. The minimum absolute atomic E-state index is 0. The number of rotatable bonds is 4. The number of aromatic nitrogens is 9. The molecule has 0 amide bonds.